The highest BCUT2D eigenvalue weighted by atomic mass is 16.6. The van der Waals surface area contributed by atoms with Crippen molar-refractivity contribution in [1.29, 1.82) is 0 Å². The van der Waals surface area contributed by atoms with E-state index in [2.05, 4.69) is 33.0 Å². The van der Waals surface area contributed by atoms with Gasteiger partial charge in [-0.3, -0.25) is 10.1 Å². The van der Waals surface area contributed by atoms with E-state index in [0.29, 0.717) is 23.6 Å². The summed E-state index contributed by atoms with van der Waals surface area (Å²) in [7, 11) is 1.53. The number of hydrogen-bond acceptors (Lipinski definition) is 4. The fraction of sp³-hybridized carbons (Fsp3) is 0.625. The molecule has 0 bridgehead atoms. The van der Waals surface area contributed by atoms with Crippen LogP contribution in [0.25, 0.3) is 0 Å². The van der Waals surface area contributed by atoms with Crippen molar-refractivity contribution in [3.63, 3.8) is 0 Å². The third-order valence-electron chi connectivity index (χ3n) is 3.89. The number of benzene rings is 1. The van der Waals surface area contributed by atoms with E-state index in [1.807, 2.05) is 6.07 Å². The predicted molar refractivity (Wildman–Crippen MR) is 84.8 cm³/mol. The van der Waals surface area contributed by atoms with Crippen LogP contribution in [-0.2, 0) is 6.42 Å². The van der Waals surface area contributed by atoms with Crippen molar-refractivity contribution in [3.8, 4) is 5.75 Å². The lowest BCUT2D eigenvalue weighted by Crippen LogP contribution is -2.37. The topological polar surface area (TPSA) is 64.4 Å². The lowest BCUT2D eigenvalue weighted by molar-refractivity contribution is -0.385. The summed E-state index contributed by atoms with van der Waals surface area (Å²) in [6, 6.07) is 5.36. The van der Waals surface area contributed by atoms with Crippen LogP contribution in [0.3, 0.4) is 0 Å². The number of nitro groups is 1. The number of nitro benzene ring substituents is 1. The van der Waals surface area contributed by atoms with Gasteiger partial charge in [-0.1, -0.05) is 20.8 Å². The third-order valence-corrected chi connectivity index (χ3v) is 3.89. The van der Waals surface area contributed by atoms with E-state index in [9.17, 15) is 10.1 Å². The molecule has 0 aromatic heterocycles. The van der Waals surface area contributed by atoms with Crippen LogP contribution in [-0.4, -0.2) is 24.6 Å². The van der Waals surface area contributed by atoms with E-state index in [0.717, 1.165) is 18.5 Å². The fourth-order valence-electron chi connectivity index (χ4n) is 2.72. The molecule has 1 aromatic rings. The van der Waals surface area contributed by atoms with E-state index in [1.165, 1.54) is 13.2 Å². The molecule has 0 saturated heterocycles. The molecule has 2 atom stereocenters. The van der Waals surface area contributed by atoms with Gasteiger partial charge in [-0.15, -0.1) is 0 Å². The Morgan fingerprint density at radius 2 is 1.95 bits per heavy atom. The summed E-state index contributed by atoms with van der Waals surface area (Å²) >= 11 is 0. The summed E-state index contributed by atoms with van der Waals surface area (Å²) in [6.07, 6.45) is 0.796. The van der Waals surface area contributed by atoms with Crippen molar-refractivity contribution < 1.29 is 9.66 Å². The Morgan fingerprint density at radius 3 is 2.43 bits per heavy atom. The molecule has 0 aliphatic heterocycles. The Labute approximate surface area is 126 Å². The summed E-state index contributed by atoms with van der Waals surface area (Å²) < 4.78 is 5.18. The Morgan fingerprint density at radius 1 is 1.29 bits per heavy atom. The minimum absolute atomic E-state index is 0.0861. The van der Waals surface area contributed by atoms with Gasteiger partial charge in [-0.25, -0.2) is 0 Å². The van der Waals surface area contributed by atoms with Crippen LogP contribution >= 0.6 is 0 Å². The van der Waals surface area contributed by atoms with Gasteiger partial charge in [0.1, 0.15) is 5.75 Å². The van der Waals surface area contributed by atoms with Gasteiger partial charge >= 0.3 is 0 Å². The monoisotopic (exact) mass is 294 g/mol. The van der Waals surface area contributed by atoms with Crippen molar-refractivity contribution in [1.82, 2.24) is 5.32 Å². The predicted octanol–water partition coefficient (Wildman–Crippen LogP) is 3.42. The second kappa shape index (κ2) is 7.98. The Balaban J connectivity index is 3.02. The summed E-state index contributed by atoms with van der Waals surface area (Å²) in [6.45, 7) is 9.55. The van der Waals surface area contributed by atoms with Crippen LogP contribution in [0.2, 0.25) is 0 Å². The molecule has 0 saturated carbocycles. The zero-order valence-electron chi connectivity index (χ0n) is 13.6. The standard InChI is InChI=1S/C16H26N2O3/c1-6-17-12(4)16(11(2)3)9-13-7-14(18(19)20)10-15(8-13)21-5/h7-8,10-12,16-17H,6,9H2,1-5H3. The van der Waals surface area contributed by atoms with Crippen LogP contribution in [0.15, 0.2) is 18.2 Å². The fourth-order valence-corrected chi connectivity index (χ4v) is 2.72. The first-order valence-electron chi connectivity index (χ1n) is 7.44. The molecule has 1 N–H and O–H groups in total. The Hall–Kier alpha value is -1.62. The molecule has 118 valence electrons. The Bertz CT molecular complexity index is 475. The molecular weight excluding hydrogens is 268 g/mol. The zero-order chi connectivity index (χ0) is 16.0. The van der Waals surface area contributed by atoms with E-state index < -0.39 is 0 Å². The second-order valence-electron chi connectivity index (χ2n) is 5.75. The van der Waals surface area contributed by atoms with Crippen molar-refractivity contribution in [2.75, 3.05) is 13.7 Å². The van der Waals surface area contributed by atoms with E-state index in [4.69, 9.17) is 4.74 Å². The smallest absolute Gasteiger partial charge is 0.273 e. The van der Waals surface area contributed by atoms with Crippen LogP contribution in [0.5, 0.6) is 5.75 Å². The maximum atomic E-state index is 11.0. The summed E-state index contributed by atoms with van der Waals surface area (Å²) in [5.41, 5.74) is 1.03. The molecular formula is C16H26N2O3. The number of non-ortho nitro benzene ring substituents is 1. The quantitative estimate of drug-likeness (QED) is 0.589. The Kier molecular flexibility index (Phi) is 6.62. The molecule has 21 heavy (non-hydrogen) atoms. The molecule has 0 aliphatic rings. The zero-order valence-corrected chi connectivity index (χ0v) is 13.6. The van der Waals surface area contributed by atoms with Gasteiger partial charge in [-0.05, 0) is 43.4 Å². The molecule has 0 radical (unpaired) electrons. The number of hydrogen-bond donors (Lipinski definition) is 1. The summed E-state index contributed by atoms with van der Waals surface area (Å²) in [5, 5.41) is 14.5. The van der Waals surface area contributed by atoms with Gasteiger partial charge in [0.25, 0.3) is 5.69 Å². The SMILES string of the molecule is CCNC(C)C(Cc1cc(OC)cc([N+](=O)[O-])c1)C(C)C. The average molecular weight is 294 g/mol. The molecule has 1 rings (SSSR count). The average Bonchev–Trinajstić information content (AvgIpc) is 2.44. The minimum atomic E-state index is -0.371. The third kappa shape index (κ3) is 5.01. The highest BCUT2D eigenvalue weighted by Crippen LogP contribution is 2.27. The first kappa shape index (κ1) is 17.4. The summed E-state index contributed by atoms with van der Waals surface area (Å²) in [4.78, 5) is 10.6. The largest absolute Gasteiger partial charge is 0.496 e. The van der Waals surface area contributed by atoms with Crippen LogP contribution in [0.1, 0.15) is 33.3 Å². The lowest BCUT2D eigenvalue weighted by atomic mass is 9.84. The number of rotatable bonds is 8. The second-order valence-corrected chi connectivity index (χ2v) is 5.75. The highest BCUT2D eigenvalue weighted by molar-refractivity contribution is 5.43. The minimum Gasteiger partial charge on any atom is -0.496 e. The van der Waals surface area contributed by atoms with Gasteiger partial charge in [0.15, 0.2) is 0 Å². The van der Waals surface area contributed by atoms with E-state index in [1.54, 1.807) is 6.07 Å². The molecule has 0 heterocycles. The molecule has 0 spiro atoms. The molecule has 0 amide bonds. The number of nitrogens with one attached hydrogen (secondary N) is 1. The van der Waals surface area contributed by atoms with E-state index >= 15 is 0 Å². The van der Waals surface area contributed by atoms with Gasteiger partial charge in [0.05, 0.1) is 18.1 Å². The van der Waals surface area contributed by atoms with Crippen molar-refractivity contribution >= 4 is 5.69 Å². The van der Waals surface area contributed by atoms with Crippen LogP contribution in [0, 0.1) is 22.0 Å². The molecule has 5 nitrogen and oxygen atoms in total. The number of nitrogens with zero attached hydrogens (tertiary/aromatic N) is 1. The van der Waals surface area contributed by atoms with Crippen LogP contribution < -0.4 is 10.1 Å². The first-order chi connectivity index (χ1) is 9.88. The van der Waals surface area contributed by atoms with Gasteiger partial charge in [0, 0.05) is 12.1 Å². The van der Waals surface area contributed by atoms with Crippen LogP contribution in [0.4, 0.5) is 5.69 Å². The maximum absolute atomic E-state index is 11.0. The molecule has 0 fully saturated rings. The normalized spacial score (nSPS) is 14.0. The van der Waals surface area contributed by atoms with Crippen molar-refractivity contribution in [2.24, 2.45) is 11.8 Å². The molecule has 5 heteroatoms. The van der Waals surface area contributed by atoms with Gasteiger partial charge in [-0.2, -0.15) is 0 Å². The lowest BCUT2D eigenvalue weighted by Gasteiger charge is -2.28. The highest BCUT2D eigenvalue weighted by Gasteiger charge is 2.22. The molecule has 0 aliphatic carbocycles. The molecule has 2 unspecified atom stereocenters. The maximum Gasteiger partial charge on any atom is 0.273 e. The summed E-state index contributed by atoms with van der Waals surface area (Å²) in [5.74, 6) is 1.44. The van der Waals surface area contributed by atoms with Crippen molar-refractivity contribution in [2.45, 2.75) is 40.2 Å². The van der Waals surface area contributed by atoms with E-state index in [-0.39, 0.29) is 10.6 Å². The van der Waals surface area contributed by atoms with Gasteiger partial charge < -0.3 is 10.1 Å². The first-order valence-corrected chi connectivity index (χ1v) is 7.44. The van der Waals surface area contributed by atoms with Crippen molar-refractivity contribution in [3.05, 3.63) is 33.9 Å². The molecule has 1 aromatic carbocycles. The number of methoxy groups -OCH3 is 1. The van der Waals surface area contributed by atoms with Gasteiger partial charge in [0.2, 0.25) is 0 Å². The number of ether oxygens (including phenoxy) is 1.